The second-order valence-corrected chi connectivity index (χ2v) is 5.73. The summed E-state index contributed by atoms with van der Waals surface area (Å²) in [6.45, 7) is 0.935. The van der Waals surface area contributed by atoms with Crippen LogP contribution in [0.15, 0.2) is 23.1 Å². The third-order valence-corrected chi connectivity index (χ3v) is 4.54. The molecule has 1 saturated heterocycles. The molecular weight excluding hydrogens is 248 g/mol. The smallest absolute Gasteiger partial charge is 0.414 e. The van der Waals surface area contributed by atoms with E-state index in [9.17, 15) is 4.79 Å². The van der Waals surface area contributed by atoms with Gasteiger partial charge in [-0.25, -0.2) is 4.79 Å². The van der Waals surface area contributed by atoms with E-state index in [1.165, 1.54) is 22.6 Å². The molecule has 2 heterocycles. The van der Waals surface area contributed by atoms with Gasteiger partial charge in [-0.2, -0.15) is 0 Å². The van der Waals surface area contributed by atoms with E-state index in [4.69, 9.17) is 10.5 Å². The topological polar surface area (TPSA) is 55.6 Å². The Bertz CT molecular complexity index is 478. The van der Waals surface area contributed by atoms with Crippen molar-refractivity contribution >= 4 is 23.5 Å². The van der Waals surface area contributed by atoms with E-state index in [0.717, 1.165) is 12.1 Å². The molecule has 3 rings (SSSR count). The van der Waals surface area contributed by atoms with E-state index in [2.05, 4.69) is 12.1 Å². The van der Waals surface area contributed by atoms with Gasteiger partial charge in [0.25, 0.3) is 0 Å². The zero-order chi connectivity index (χ0) is 12.5. The fourth-order valence-corrected chi connectivity index (χ4v) is 3.39. The number of nitrogens with two attached hydrogens (primary N) is 1. The lowest BCUT2D eigenvalue weighted by Gasteiger charge is -2.19. The Kier molecular flexibility index (Phi) is 3.18. The van der Waals surface area contributed by atoms with Gasteiger partial charge in [0, 0.05) is 17.1 Å². The molecule has 18 heavy (non-hydrogen) atoms. The highest BCUT2D eigenvalue weighted by Gasteiger charge is 2.31. The highest BCUT2D eigenvalue weighted by molar-refractivity contribution is 7.99. The van der Waals surface area contributed by atoms with Crippen molar-refractivity contribution in [1.82, 2.24) is 0 Å². The van der Waals surface area contributed by atoms with Gasteiger partial charge >= 0.3 is 6.09 Å². The third-order valence-electron chi connectivity index (χ3n) is 3.34. The van der Waals surface area contributed by atoms with Crippen LogP contribution in [-0.4, -0.2) is 31.0 Å². The number of hydrogen-bond acceptors (Lipinski definition) is 4. The van der Waals surface area contributed by atoms with Gasteiger partial charge < -0.3 is 10.5 Å². The lowest BCUT2D eigenvalue weighted by molar-refractivity contribution is 0.145. The second kappa shape index (κ2) is 4.82. The van der Waals surface area contributed by atoms with Crippen LogP contribution in [0.1, 0.15) is 12.0 Å². The minimum Gasteiger partial charge on any atom is -0.443 e. The van der Waals surface area contributed by atoms with E-state index < -0.39 is 0 Å². The van der Waals surface area contributed by atoms with Crippen LogP contribution in [0.25, 0.3) is 0 Å². The van der Waals surface area contributed by atoms with Gasteiger partial charge in [-0.1, -0.05) is 0 Å². The first kappa shape index (κ1) is 11.9. The zero-order valence-electron chi connectivity index (χ0n) is 10.1. The summed E-state index contributed by atoms with van der Waals surface area (Å²) in [6.07, 6.45) is 1.84. The van der Waals surface area contributed by atoms with Crippen molar-refractivity contribution in [2.45, 2.75) is 23.8 Å². The van der Waals surface area contributed by atoms with Crippen LogP contribution in [0.3, 0.4) is 0 Å². The first-order chi connectivity index (χ1) is 8.78. The minimum absolute atomic E-state index is 0.178. The highest BCUT2D eigenvalue weighted by atomic mass is 32.2. The fourth-order valence-electron chi connectivity index (χ4n) is 2.37. The summed E-state index contributed by atoms with van der Waals surface area (Å²) >= 11 is 1.89. The standard InChI is InChI=1S/C13H16N2O2S/c14-7-11-8-15(13(16)17-11)10-3-4-12-9(6-10)2-1-5-18-12/h3-4,6,11H,1-2,5,7-8,14H2. The second-order valence-electron chi connectivity index (χ2n) is 4.60. The maximum Gasteiger partial charge on any atom is 0.414 e. The number of hydrogen-bond donors (Lipinski definition) is 1. The van der Waals surface area contributed by atoms with E-state index in [1.807, 2.05) is 17.8 Å². The highest BCUT2D eigenvalue weighted by Crippen LogP contribution is 2.33. The normalized spacial score (nSPS) is 22.8. The minimum atomic E-state index is -0.283. The summed E-state index contributed by atoms with van der Waals surface area (Å²) < 4.78 is 5.18. The van der Waals surface area contributed by atoms with Gasteiger partial charge in [-0.15, -0.1) is 11.8 Å². The molecule has 1 amide bonds. The Hall–Kier alpha value is -1.20. The summed E-state index contributed by atoms with van der Waals surface area (Å²) in [4.78, 5) is 14.8. The molecule has 1 unspecified atom stereocenters. The first-order valence-corrected chi connectivity index (χ1v) is 7.20. The summed E-state index contributed by atoms with van der Waals surface area (Å²) in [7, 11) is 0. The summed E-state index contributed by atoms with van der Waals surface area (Å²) in [5.74, 6) is 1.19. The van der Waals surface area contributed by atoms with E-state index in [0.29, 0.717) is 13.1 Å². The number of benzene rings is 1. The maximum absolute atomic E-state index is 11.8. The van der Waals surface area contributed by atoms with E-state index in [1.54, 1.807) is 4.90 Å². The van der Waals surface area contributed by atoms with Gasteiger partial charge in [-0.3, -0.25) is 4.90 Å². The number of thioether (sulfide) groups is 1. The number of ether oxygens (including phenoxy) is 1. The summed E-state index contributed by atoms with van der Waals surface area (Å²) in [5.41, 5.74) is 7.81. The molecule has 0 aromatic heterocycles. The Morgan fingerprint density at radius 1 is 1.50 bits per heavy atom. The van der Waals surface area contributed by atoms with Crippen molar-refractivity contribution in [1.29, 1.82) is 0 Å². The Morgan fingerprint density at radius 2 is 2.39 bits per heavy atom. The number of anilines is 1. The quantitative estimate of drug-likeness (QED) is 0.887. The molecular formula is C13H16N2O2S. The molecule has 2 aliphatic rings. The molecule has 2 N–H and O–H groups in total. The molecule has 96 valence electrons. The van der Waals surface area contributed by atoms with Gasteiger partial charge in [0.2, 0.25) is 0 Å². The predicted molar refractivity (Wildman–Crippen MR) is 72.2 cm³/mol. The Morgan fingerprint density at radius 3 is 3.17 bits per heavy atom. The molecule has 5 heteroatoms. The van der Waals surface area contributed by atoms with Gasteiger partial charge in [0.05, 0.1) is 6.54 Å². The zero-order valence-corrected chi connectivity index (χ0v) is 10.9. The van der Waals surface area contributed by atoms with Crippen LogP contribution in [0.4, 0.5) is 10.5 Å². The number of carbonyl (C=O) groups is 1. The molecule has 2 aliphatic heterocycles. The van der Waals surface area contributed by atoms with Crippen LogP contribution < -0.4 is 10.6 Å². The summed E-state index contributed by atoms with van der Waals surface area (Å²) in [5, 5.41) is 0. The molecule has 0 spiro atoms. The largest absolute Gasteiger partial charge is 0.443 e. The van der Waals surface area contributed by atoms with Crippen molar-refractivity contribution in [2.24, 2.45) is 5.73 Å². The predicted octanol–water partition coefficient (Wildman–Crippen LogP) is 2.01. The van der Waals surface area contributed by atoms with Crippen LogP contribution in [-0.2, 0) is 11.2 Å². The van der Waals surface area contributed by atoms with Crippen molar-refractivity contribution in [3.63, 3.8) is 0 Å². The summed E-state index contributed by atoms with van der Waals surface area (Å²) in [6, 6.07) is 6.22. The molecule has 1 fully saturated rings. The van der Waals surface area contributed by atoms with E-state index in [-0.39, 0.29) is 12.2 Å². The average molecular weight is 264 g/mol. The fraction of sp³-hybridized carbons (Fsp3) is 0.462. The lowest BCUT2D eigenvalue weighted by atomic mass is 10.1. The SMILES string of the molecule is NCC1CN(c2ccc3c(c2)CCCS3)C(=O)O1. The monoisotopic (exact) mass is 264 g/mol. The number of carbonyl (C=O) groups excluding carboxylic acids is 1. The molecule has 1 atom stereocenters. The molecule has 0 radical (unpaired) electrons. The average Bonchev–Trinajstić information content (AvgIpc) is 2.79. The number of rotatable bonds is 2. The lowest BCUT2D eigenvalue weighted by Crippen LogP contribution is -2.27. The van der Waals surface area contributed by atoms with Crippen LogP contribution in [0, 0.1) is 0 Å². The number of aryl methyl sites for hydroxylation is 1. The van der Waals surface area contributed by atoms with Gasteiger partial charge in [0.15, 0.2) is 0 Å². The number of fused-ring (bicyclic) bond motifs is 1. The van der Waals surface area contributed by atoms with E-state index >= 15 is 0 Å². The maximum atomic E-state index is 11.8. The molecule has 0 bridgehead atoms. The molecule has 0 aliphatic carbocycles. The molecule has 0 saturated carbocycles. The first-order valence-electron chi connectivity index (χ1n) is 6.22. The van der Waals surface area contributed by atoms with Gasteiger partial charge in [-0.05, 0) is 42.4 Å². The Balaban J connectivity index is 1.86. The van der Waals surface area contributed by atoms with Crippen molar-refractivity contribution in [2.75, 3.05) is 23.7 Å². The van der Waals surface area contributed by atoms with Crippen molar-refractivity contribution in [3.8, 4) is 0 Å². The molecule has 1 aromatic rings. The van der Waals surface area contributed by atoms with Crippen molar-refractivity contribution < 1.29 is 9.53 Å². The molecule has 4 nitrogen and oxygen atoms in total. The van der Waals surface area contributed by atoms with Crippen LogP contribution in [0.5, 0.6) is 0 Å². The van der Waals surface area contributed by atoms with Crippen LogP contribution >= 0.6 is 11.8 Å². The number of nitrogens with zero attached hydrogens (tertiary/aromatic N) is 1. The Labute approximate surface area is 110 Å². The van der Waals surface area contributed by atoms with Crippen molar-refractivity contribution in [3.05, 3.63) is 23.8 Å². The number of cyclic esters (lactones) is 1. The molecule has 1 aromatic carbocycles. The number of amides is 1. The van der Waals surface area contributed by atoms with Crippen LogP contribution in [0.2, 0.25) is 0 Å². The van der Waals surface area contributed by atoms with Gasteiger partial charge in [0.1, 0.15) is 6.10 Å². The third kappa shape index (κ3) is 2.08.